The topological polar surface area (TPSA) is 122 Å². The number of carbonyl (C=O) groups excluding carboxylic acids is 3. The van der Waals surface area contributed by atoms with Crippen molar-refractivity contribution in [2.24, 2.45) is 10.6 Å². The molecule has 0 spiro atoms. The molecule has 7 aromatic rings. The van der Waals surface area contributed by atoms with Crippen LogP contribution in [-0.2, 0) is 24.7 Å². The fraction of sp³-hybridized carbons (Fsp3) is 0.157. The van der Waals surface area contributed by atoms with E-state index in [1.807, 2.05) is 121 Å². The number of β-lactam (4-membered cyclic amide) rings is 1. The second kappa shape index (κ2) is 18.9. The Morgan fingerprint density at radius 3 is 1.78 bits per heavy atom. The number of benzene rings is 6. The third-order valence-electron chi connectivity index (χ3n) is 11.4. The highest BCUT2D eigenvalue weighted by molar-refractivity contribution is 8.00. The van der Waals surface area contributed by atoms with Crippen molar-refractivity contribution in [3.8, 4) is 5.75 Å². The van der Waals surface area contributed by atoms with Gasteiger partial charge in [-0.3, -0.25) is 14.4 Å². The number of rotatable bonds is 15. The Hall–Kier alpha value is -6.73. The number of carbonyl (C=O) groups is 3. The van der Waals surface area contributed by atoms with E-state index in [2.05, 4.69) is 52.2 Å². The Bertz CT molecular complexity index is 2600. The van der Waals surface area contributed by atoms with Gasteiger partial charge in [-0.05, 0) is 39.9 Å². The second-order valence-electron chi connectivity index (χ2n) is 15.5. The van der Waals surface area contributed by atoms with E-state index in [1.165, 1.54) is 23.1 Å². The molecule has 9 rings (SSSR count). The summed E-state index contributed by atoms with van der Waals surface area (Å²) in [5.74, 6) is -0.860. The van der Waals surface area contributed by atoms with E-state index in [-0.39, 0.29) is 35.5 Å². The molecule has 13 heteroatoms. The number of anilines is 1. The third-order valence-corrected chi connectivity index (χ3v) is 14.3. The van der Waals surface area contributed by atoms with Crippen molar-refractivity contribution < 1.29 is 24.0 Å². The minimum Gasteiger partial charge on any atom is -0.452 e. The Balaban J connectivity index is 0.964. The Labute approximate surface area is 384 Å². The van der Waals surface area contributed by atoms with Crippen molar-refractivity contribution >= 4 is 63.3 Å². The minimum absolute atomic E-state index is 0.0413. The zero-order valence-electron chi connectivity index (χ0n) is 34.3. The summed E-state index contributed by atoms with van der Waals surface area (Å²) in [6.07, 6.45) is -0.666. The van der Waals surface area contributed by atoms with Crippen molar-refractivity contribution in [3.05, 3.63) is 221 Å². The molecule has 0 bridgehead atoms. The van der Waals surface area contributed by atoms with Crippen LogP contribution in [0.25, 0.3) is 0 Å². The lowest BCUT2D eigenvalue weighted by atomic mass is 9.77. The van der Waals surface area contributed by atoms with E-state index < -0.39 is 40.4 Å². The molecule has 2 saturated heterocycles. The van der Waals surface area contributed by atoms with E-state index in [9.17, 15) is 14.4 Å². The quantitative estimate of drug-likeness (QED) is 0.0261. The maximum Gasteiger partial charge on any atom is 0.316 e. The first kappa shape index (κ1) is 42.6. The smallest absolute Gasteiger partial charge is 0.316 e. The van der Waals surface area contributed by atoms with E-state index in [4.69, 9.17) is 26.2 Å². The van der Waals surface area contributed by atoms with Crippen LogP contribution >= 0.6 is 34.7 Å². The SMILES string of the molecule is O=C(NC1C(=O)N2CC(CCl)(C(=O)OC(c3ccccc3)c3ccccc3)CS[C@H]12)C(=NOc1ccccc1)c1csc(NC(c2ccccc2)(c2ccccc2)c2ccccc2)n1. The summed E-state index contributed by atoms with van der Waals surface area (Å²) in [4.78, 5) is 54.8. The van der Waals surface area contributed by atoms with Crippen molar-refractivity contribution in [2.75, 3.05) is 23.5 Å². The average Bonchev–Trinajstić information content (AvgIpc) is 3.83. The number of amides is 2. The molecule has 64 heavy (non-hydrogen) atoms. The van der Waals surface area contributed by atoms with Gasteiger partial charge >= 0.3 is 5.97 Å². The van der Waals surface area contributed by atoms with E-state index in [1.54, 1.807) is 34.5 Å². The lowest BCUT2D eigenvalue weighted by Gasteiger charge is -2.53. The van der Waals surface area contributed by atoms with Gasteiger partial charge in [-0.15, -0.1) is 34.7 Å². The maximum absolute atomic E-state index is 14.4. The van der Waals surface area contributed by atoms with Crippen LogP contribution in [0.4, 0.5) is 5.13 Å². The number of hydrogen-bond acceptors (Lipinski definition) is 10. The molecule has 2 amide bonds. The van der Waals surface area contributed by atoms with E-state index in [0.29, 0.717) is 10.9 Å². The standard InChI is InChI=1S/C51H42ClN5O5S2/c52-32-50(48(60)61-44(35-19-7-1-8-20-35)36-21-9-2-10-22-36)33-57-46(59)43(47(57)64-34-50)54-45(58)42(56-62-40-29-17-6-18-30-40)41-31-63-49(53-41)55-51(37-23-11-3-12-24-37,38-25-13-4-14-26-38)39-27-15-5-16-28-39/h1-31,43-44,47H,32-34H2,(H,53,55)(H,54,58)/t43?,47-,50?/m1/s1. The average molecular weight is 905 g/mol. The Morgan fingerprint density at radius 1 is 0.766 bits per heavy atom. The lowest BCUT2D eigenvalue weighted by molar-refractivity contribution is -0.164. The molecule has 3 atom stereocenters. The summed E-state index contributed by atoms with van der Waals surface area (Å²) in [6, 6.07) is 57.4. The van der Waals surface area contributed by atoms with Crippen LogP contribution in [0.2, 0.25) is 0 Å². The van der Waals surface area contributed by atoms with Gasteiger partial charge in [0.15, 0.2) is 22.7 Å². The number of nitrogens with one attached hydrogen (secondary N) is 2. The first-order valence-electron chi connectivity index (χ1n) is 20.7. The van der Waals surface area contributed by atoms with Crippen molar-refractivity contribution in [1.29, 1.82) is 0 Å². The highest BCUT2D eigenvalue weighted by atomic mass is 35.5. The normalized spacial score (nSPS) is 18.4. The molecule has 6 aromatic carbocycles. The fourth-order valence-corrected chi connectivity index (χ4v) is 10.8. The number of thioether (sulfide) groups is 1. The van der Waals surface area contributed by atoms with Gasteiger partial charge in [-0.25, -0.2) is 4.98 Å². The maximum atomic E-state index is 14.4. The molecule has 3 heterocycles. The summed E-state index contributed by atoms with van der Waals surface area (Å²) in [5.41, 5.74) is 2.68. The zero-order chi connectivity index (χ0) is 43.9. The molecule has 0 radical (unpaired) electrons. The summed E-state index contributed by atoms with van der Waals surface area (Å²) >= 11 is 9.29. The molecule has 1 aromatic heterocycles. The molecule has 10 nitrogen and oxygen atoms in total. The molecule has 2 aliphatic rings. The number of nitrogens with zero attached hydrogens (tertiary/aromatic N) is 3. The van der Waals surface area contributed by atoms with Crippen LogP contribution in [-0.4, -0.2) is 63.0 Å². The Kier molecular flexibility index (Phi) is 12.6. The van der Waals surface area contributed by atoms with Crippen LogP contribution in [0.15, 0.2) is 193 Å². The molecule has 0 aliphatic carbocycles. The number of ether oxygens (including phenoxy) is 1. The van der Waals surface area contributed by atoms with Crippen molar-refractivity contribution in [2.45, 2.75) is 23.1 Å². The number of hydrogen-bond donors (Lipinski definition) is 2. The summed E-state index contributed by atoms with van der Waals surface area (Å²) in [5, 5.41) is 12.8. The molecule has 0 saturated carbocycles. The minimum atomic E-state index is -1.18. The molecule has 2 fully saturated rings. The van der Waals surface area contributed by atoms with Crippen molar-refractivity contribution in [1.82, 2.24) is 15.2 Å². The van der Waals surface area contributed by atoms with Gasteiger partial charge in [-0.1, -0.05) is 175 Å². The summed E-state index contributed by atoms with van der Waals surface area (Å²) < 4.78 is 6.26. The number of esters is 1. The van der Waals surface area contributed by atoms with Gasteiger partial charge in [0.2, 0.25) is 5.91 Å². The fourth-order valence-electron chi connectivity index (χ4n) is 8.08. The van der Waals surface area contributed by atoms with Gasteiger partial charge in [0.25, 0.3) is 5.91 Å². The predicted octanol–water partition coefficient (Wildman–Crippen LogP) is 9.29. The first-order chi connectivity index (χ1) is 31.4. The molecule has 320 valence electrons. The first-order valence-corrected chi connectivity index (χ1v) is 23.2. The van der Waals surface area contributed by atoms with Crippen LogP contribution in [0.3, 0.4) is 0 Å². The van der Waals surface area contributed by atoms with Crippen LogP contribution in [0.1, 0.15) is 39.6 Å². The van der Waals surface area contributed by atoms with Crippen LogP contribution < -0.4 is 15.5 Å². The van der Waals surface area contributed by atoms with Crippen molar-refractivity contribution in [3.63, 3.8) is 0 Å². The zero-order valence-corrected chi connectivity index (χ0v) is 36.7. The highest BCUT2D eigenvalue weighted by Gasteiger charge is 2.58. The largest absolute Gasteiger partial charge is 0.452 e. The van der Waals surface area contributed by atoms with Gasteiger partial charge < -0.3 is 25.1 Å². The number of alkyl halides is 1. The molecular formula is C51H42ClN5O5S2. The number of para-hydroxylation sites is 1. The molecule has 2 N–H and O–H groups in total. The number of halogens is 1. The van der Waals surface area contributed by atoms with Gasteiger partial charge in [0.05, 0.1) is 0 Å². The lowest BCUT2D eigenvalue weighted by Crippen LogP contribution is -2.74. The van der Waals surface area contributed by atoms with Gasteiger partial charge in [0, 0.05) is 23.6 Å². The van der Waals surface area contributed by atoms with Crippen LogP contribution in [0.5, 0.6) is 5.75 Å². The van der Waals surface area contributed by atoms with Gasteiger partial charge in [0.1, 0.15) is 28.1 Å². The van der Waals surface area contributed by atoms with E-state index in [0.717, 1.165) is 27.8 Å². The predicted molar refractivity (Wildman–Crippen MR) is 252 cm³/mol. The summed E-state index contributed by atoms with van der Waals surface area (Å²) in [6.45, 7) is 0.0413. The molecular weight excluding hydrogens is 862 g/mol. The van der Waals surface area contributed by atoms with E-state index >= 15 is 0 Å². The number of aromatic nitrogens is 1. The Morgan fingerprint density at radius 2 is 1.27 bits per heavy atom. The van der Waals surface area contributed by atoms with Crippen LogP contribution in [0, 0.1) is 5.41 Å². The van der Waals surface area contributed by atoms with Gasteiger partial charge in [-0.2, -0.15) is 0 Å². The summed E-state index contributed by atoms with van der Waals surface area (Å²) in [7, 11) is 0. The number of oxime groups is 1. The monoisotopic (exact) mass is 903 g/mol. The number of thiazole rings is 1. The number of fused-ring (bicyclic) bond motifs is 1. The third kappa shape index (κ3) is 8.51. The highest BCUT2D eigenvalue weighted by Crippen LogP contribution is 2.45. The second-order valence-corrected chi connectivity index (χ2v) is 17.7. The molecule has 2 unspecified atom stereocenters. The molecule has 2 aliphatic heterocycles.